The summed E-state index contributed by atoms with van der Waals surface area (Å²) in [4.78, 5) is 0. The number of hydrogen-bond acceptors (Lipinski definition) is 3. The molecular weight excluding hydrogens is 283 g/mol. The van der Waals surface area contributed by atoms with Crippen LogP contribution < -0.4 is 5.32 Å². The highest BCUT2D eigenvalue weighted by atomic mass is 15.5. The molecule has 0 saturated heterocycles. The fourth-order valence-corrected chi connectivity index (χ4v) is 3.89. The van der Waals surface area contributed by atoms with E-state index in [1.165, 1.54) is 16.7 Å². The van der Waals surface area contributed by atoms with Crippen LogP contribution in [0.1, 0.15) is 18.1 Å². The van der Waals surface area contributed by atoms with Gasteiger partial charge in [-0.25, -0.2) is 4.68 Å². The van der Waals surface area contributed by atoms with Crippen LogP contribution in [0.4, 0.5) is 5.69 Å². The molecule has 1 atom stereocenters. The highest BCUT2D eigenvalue weighted by Gasteiger charge is 2.43. The lowest BCUT2D eigenvalue weighted by Gasteiger charge is -2.24. The van der Waals surface area contributed by atoms with Crippen molar-refractivity contribution in [2.45, 2.75) is 25.7 Å². The van der Waals surface area contributed by atoms with Crippen LogP contribution in [-0.4, -0.2) is 22.3 Å². The lowest BCUT2D eigenvalue weighted by Crippen LogP contribution is -2.34. The molecule has 3 aromatic rings. The summed E-state index contributed by atoms with van der Waals surface area (Å²) < 4.78 is 2.08. The largest absolute Gasteiger partial charge is 0.380 e. The molecule has 2 aliphatic rings. The maximum Gasteiger partial charge on any atom is 0.150 e. The van der Waals surface area contributed by atoms with Gasteiger partial charge in [-0.2, -0.15) is 0 Å². The molecule has 1 aromatic heterocycles. The van der Waals surface area contributed by atoms with Crippen LogP contribution in [0.25, 0.3) is 22.5 Å². The van der Waals surface area contributed by atoms with Crippen LogP contribution in [0.5, 0.6) is 0 Å². The fourth-order valence-electron chi connectivity index (χ4n) is 3.89. The van der Waals surface area contributed by atoms with Crippen molar-refractivity contribution in [3.05, 3.63) is 53.6 Å². The first-order valence-electron chi connectivity index (χ1n) is 7.97. The average Bonchev–Trinajstić information content (AvgIpc) is 3.11. The van der Waals surface area contributed by atoms with Crippen molar-refractivity contribution in [2.75, 3.05) is 5.32 Å². The van der Waals surface area contributed by atoms with Crippen molar-refractivity contribution >= 4 is 13.0 Å². The lowest BCUT2D eigenvalue weighted by atomic mass is 9.58. The minimum atomic E-state index is -0.245. The highest BCUT2D eigenvalue weighted by Crippen LogP contribution is 2.49. The Morgan fingerprint density at radius 3 is 2.91 bits per heavy atom. The first kappa shape index (κ1) is 12.9. The molecule has 5 rings (SSSR count). The number of hydrogen-bond donors (Lipinski definition) is 1. The number of para-hydroxylation sites is 1. The molecule has 0 saturated carbocycles. The van der Waals surface area contributed by atoms with Gasteiger partial charge in [0.1, 0.15) is 13.0 Å². The van der Waals surface area contributed by atoms with Crippen molar-refractivity contribution in [3.8, 4) is 22.5 Å². The van der Waals surface area contributed by atoms with E-state index in [4.69, 9.17) is 0 Å². The molecule has 1 N–H and O–H groups in total. The van der Waals surface area contributed by atoms with Crippen LogP contribution in [0.2, 0.25) is 6.82 Å². The molecule has 0 fully saturated rings. The summed E-state index contributed by atoms with van der Waals surface area (Å²) in [6.07, 6.45) is 0. The van der Waals surface area contributed by atoms with Gasteiger partial charge in [-0.3, -0.25) is 0 Å². The highest BCUT2D eigenvalue weighted by molar-refractivity contribution is 6.39. The molecular formula is C18H16BN4. The molecule has 5 heteroatoms. The zero-order valence-corrected chi connectivity index (χ0v) is 13.2. The van der Waals surface area contributed by atoms with E-state index in [1.54, 1.807) is 0 Å². The summed E-state index contributed by atoms with van der Waals surface area (Å²) in [5.41, 5.74) is 7.99. The van der Waals surface area contributed by atoms with Crippen LogP contribution in [0.3, 0.4) is 0 Å². The Bertz CT molecular complexity index is 946. The van der Waals surface area contributed by atoms with E-state index < -0.39 is 0 Å². The van der Waals surface area contributed by atoms with Gasteiger partial charge >= 0.3 is 0 Å². The molecule has 4 nitrogen and oxygen atoms in total. The van der Waals surface area contributed by atoms with Gasteiger partial charge in [0.2, 0.25) is 0 Å². The van der Waals surface area contributed by atoms with E-state index >= 15 is 0 Å². The quantitative estimate of drug-likeness (QED) is 0.701. The number of nitrogens with one attached hydrogen (secondary N) is 1. The topological polar surface area (TPSA) is 42.7 Å². The fraction of sp³-hybridized carbons (Fsp3) is 0.222. The molecule has 0 spiro atoms. The van der Waals surface area contributed by atoms with Crippen molar-refractivity contribution in [1.29, 1.82) is 0 Å². The zero-order valence-electron chi connectivity index (χ0n) is 13.2. The van der Waals surface area contributed by atoms with Crippen molar-refractivity contribution < 1.29 is 0 Å². The third-order valence-electron chi connectivity index (χ3n) is 5.26. The van der Waals surface area contributed by atoms with Gasteiger partial charge in [-0.05, 0) is 24.1 Å². The van der Waals surface area contributed by atoms with Crippen LogP contribution in [0, 0.1) is 0 Å². The van der Waals surface area contributed by atoms with Gasteiger partial charge in [0.05, 0.1) is 11.1 Å². The molecule has 0 unspecified atom stereocenters. The second-order valence-electron chi connectivity index (χ2n) is 6.37. The number of nitrogens with zero attached hydrogens (tertiary/aromatic N) is 3. The first-order chi connectivity index (χ1) is 11.2. The molecule has 2 aliphatic heterocycles. The summed E-state index contributed by atoms with van der Waals surface area (Å²) in [7, 11) is 2.21. The van der Waals surface area contributed by atoms with Gasteiger partial charge in [-0.15, -0.1) is 5.10 Å². The van der Waals surface area contributed by atoms with E-state index in [9.17, 15) is 0 Å². The standard InChI is InChI=1S/C18H16BN4/c1-18(19-2)13-8-5-6-11-10-20-14-9-4-3-7-12(14)16-17(15(11)13)23(18)22-21-16/h3-9,20H,10H2,1-2H3/t18-/m0/s1. The van der Waals surface area contributed by atoms with Gasteiger partial charge in [0.25, 0.3) is 0 Å². The first-order valence-corrected chi connectivity index (χ1v) is 7.97. The minimum absolute atomic E-state index is 0.245. The Hall–Kier alpha value is -2.56. The van der Waals surface area contributed by atoms with Gasteiger partial charge in [0, 0.05) is 23.4 Å². The molecule has 111 valence electrons. The van der Waals surface area contributed by atoms with E-state index in [0.717, 1.165) is 29.2 Å². The lowest BCUT2D eigenvalue weighted by molar-refractivity contribution is 0.501. The third-order valence-corrected chi connectivity index (χ3v) is 5.26. The maximum absolute atomic E-state index is 4.54. The molecule has 0 bridgehead atoms. The number of fused-ring (bicyclic) bond motifs is 2. The summed E-state index contributed by atoms with van der Waals surface area (Å²) in [6, 6.07) is 14.9. The summed E-state index contributed by atoms with van der Waals surface area (Å²) in [5, 5.41) is 12.6. The second kappa shape index (κ2) is 4.25. The van der Waals surface area contributed by atoms with Gasteiger partial charge < -0.3 is 5.32 Å². The van der Waals surface area contributed by atoms with Crippen molar-refractivity contribution in [1.82, 2.24) is 15.0 Å². The smallest absolute Gasteiger partial charge is 0.150 e. The Morgan fingerprint density at radius 1 is 1.17 bits per heavy atom. The molecule has 23 heavy (non-hydrogen) atoms. The number of aromatic nitrogens is 3. The number of rotatable bonds is 1. The molecule has 0 amide bonds. The molecule has 3 heterocycles. The predicted octanol–water partition coefficient (Wildman–Crippen LogP) is 3.32. The molecule has 1 radical (unpaired) electrons. The molecule has 2 aromatic carbocycles. The van der Waals surface area contributed by atoms with Gasteiger partial charge in [-0.1, -0.05) is 48.4 Å². The summed E-state index contributed by atoms with van der Waals surface area (Å²) >= 11 is 0. The Kier molecular flexibility index (Phi) is 2.39. The van der Waals surface area contributed by atoms with Crippen LogP contribution >= 0.6 is 0 Å². The zero-order chi connectivity index (χ0) is 15.6. The normalized spacial score (nSPS) is 20.1. The van der Waals surface area contributed by atoms with E-state index in [1.807, 2.05) is 0 Å². The molecule has 0 aliphatic carbocycles. The summed E-state index contributed by atoms with van der Waals surface area (Å²) in [6.45, 7) is 5.12. The minimum Gasteiger partial charge on any atom is -0.380 e. The van der Waals surface area contributed by atoms with Gasteiger partial charge in [0.15, 0.2) is 0 Å². The Labute approximate surface area is 135 Å². The van der Waals surface area contributed by atoms with Crippen LogP contribution in [-0.2, 0) is 12.0 Å². The SMILES string of the molecule is C[B][C@]1(C)c2cccc3c2-c2c(nnn21)-c1ccccc1NC3. The van der Waals surface area contributed by atoms with Crippen molar-refractivity contribution in [3.63, 3.8) is 0 Å². The van der Waals surface area contributed by atoms with E-state index in [-0.39, 0.29) is 5.44 Å². The third kappa shape index (κ3) is 1.47. The maximum atomic E-state index is 4.54. The van der Waals surface area contributed by atoms with Crippen molar-refractivity contribution in [2.24, 2.45) is 0 Å². The van der Waals surface area contributed by atoms with E-state index in [0.29, 0.717) is 0 Å². The van der Waals surface area contributed by atoms with Crippen LogP contribution in [0.15, 0.2) is 42.5 Å². The average molecular weight is 299 g/mol. The second-order valence-corrected chi connectivity index (χ2v) is 6.37. The predicted molar refractivity (Wildman–Crippen MR) is 92.6 cm³/mol. The van der Waals surface area contributed by atoms with E-state index in [2.05, 4.69) is 83.8 Å². The Balaban J connectivity index is 1.94. The number of benzene rings is 2. The number of anilines is 1. The Morgan fingerprint density at radius 2 is 2.04 bits per heavy atom. The monoisotopic (exact) mass is 299 g/mol. The summed E-state index contributed by atoms with van der Waals surface area (Å²) in [5.74, 6) is 0.